The van der Waals surface area contributed by atoms with Gasteiger partial charge in [-0.15, -0.1) is 0 Å². The zero-order chi connectivity index (χ0) is 16.8. The Labute approximate surface area is 129 Å². The van der Waals surface area contributed by atoms with Gasteiger partial charge in [-0.05, 0) is 6.92 Å². The van der Waals surface area contributed by atoms with Crippen molar-refractivity contribution in [2.45, 2.75) is 31.8 Å². The molecule has 3 rings (SSSR count). The number of phosphoric acid groups is 1. The Balaban J connectivity index is 1.84. The minimum Gasteiger partial charge on any atom is -0.390 e. The molecule has 0 radical (unpaired) electrons. The summed E-state index contributed by atoms with van der Waals surface area (Å²) in [5.74, 6) is 0.407. The summed E-state index contributed by atoms with van der Waals surface area (Å²) in [6.07, 6.45) is -1.04. The van der Waals surface area contributed by atoms with Crippen LogP contribution in [0.25, 0.3) is 11.2 Å². The first-order valence-electron chi connectivity index (χ1n) is 6.71. The molecule has 1 saturated heterocycles. The third-order valence-electron chi connectivity index (χ3n) is 3.47. The van der Waals surface area contributed by atoms with Crippen LogP contribution in [0.4, 0.5) is 0 Å². The minimum absolute atomic E-state index is 0.142. The summed E-state index contributed by atoms with van der Waals surface area (Å²) < 4.78 is 22.1. The van der Waals surface area contributed by atoms with Crippen molar-refractivity contribution in [2.24, 2.45) is 0 Å². The highest BCUT2D eigenvalue weighted by molar-refractivity contribution is 7.46. The third-order valence-corrected chi connectivity index (χ3v) is 3.96. The maximum absolute atomic E-state index is 11.8. The Kier molecular flexibility index (Phi) is 4.08. The molecule has 1 aliphatic heterocycles. The monoisotopic (exact) mass is 346 g/mol. The molecule has 4 N–H and O–H groups in total. The third kappa shape index (κ3) is 3.34. The van der Waals surface area contributed by atoms with Gasteiger partial charge in [0.2, 0.25) is 0 Å². The molecule has 3 atom stereocenters. The van der Waals surface area contributed by atoms with Crippen LogP contribution >= 0.6 is 7.82 Å². The van der Waals surface area contributed by atoms with Crippen LogP contribution in [0, 0.1) is 6.92 Å². The Morgan fingerprint density at radius 2 is 2.30 bits per heavy atom. The largest absolute Gasteiger partial charge is 0.469 e. The van der Waals surface area contributed by atoms with Crippen molar-refractivity contribution in [2.75, 3.05) is 6.61 Å². The Morgan fingerprint density at radius 3 is 3.00 bits per heavy atom. The van der Waals surface area contributed by atoms with Gasteiger partial charge in [0.15, 0.2) is 11.2 Å². The number of fused-ring (bicyclic) bond motifs is 1. The van der Waals surface area contributed by atoms with Crippen LogP contribution in [0.5, 0.6) is 0 Å². The first kappa shape index (κ1) is 16.2. The van der Waals surface area contributed by atoms with Gasteiger partial charge in [0.05, 0.1) is 19.0 Å². The van der Waals surface area contributed by atoms with Gasteiger partial charge in [0, 0.05) is 6.42 Å². The van der Waals surface area contributed by atoms with Crippen molar-refractivity contribution in [1.29, 1.82) is 0 Å². The standard InChI is InChI=1S/C11H15N4O7P/c1-5-13-10-9(11(17)14-5)12-4-15(10)8-2-6(16)7(22-8)3-21-23(18,19)20/h4,6-8,16H,2-3H2,1H3,(H,13,14,17)(H2,18,19,20)/t6?,7-,8-/m1/s1. The lowest BCUT2D eigenvalue weighted by molar-refractivity contribution is -0.0424. The number of hydrogen-bond donors (Lipinski definition) is 4. The van der Waals surface area contributed by atoms with E-state index >= 15 is 0 Å². The van der Waals surface area contributed by atoms with Crippen LogP contribution < -0.4 is 5.56 Å². The number of aliphatic hydroxyl groups excluding tert-OH is 1. The van der Waals surface area contributed by atoms with Crippen LogP contribution in [0.2, 0.25) is 0 Å². The van der Waals surface area contributed by atoms with E-state index in [2.05, 4.69) is 19.5 Å². The lowest BCUT2D eigenvalue weighted by Crippen LogP contribution is -2.25. The van der Waals surface area contributed by atoms with Crippen LogP contribution in [-0.2, 0) is 13.8 Å². The van der Waals surface area contributed by atoms with Crippen LogP contribution in [0.15, 0.2) is 11.1 Å². The van der Waals surface area contributed by atoms with E-state index in [-0.39, 0.29) is 17.5 Å². The van der Waals surface area contributed by atoms with Crippen LogP contribution in [-0.4, -0.2) is 53.2 Å². The van der Waals surface area contributed by atoms with Gasteiger partial charge in [-0.3, -0.25) is 13.9 Å². The summed E-state index contributed by atoms with van der Waals surface area (Å²) >= 11 is 0. The lowest BCUT2D eigenvalue weighted by atomic mass is 10.2. The van der Waals surface area contributed by atoms with Gasteiger partial charge in [0.1, 0.15) is 18.2 Å². The first-order valence-corrected chi connectivity index (χ1v) is 8.24. The Hall–Kier alpha value is -1.62. The van der Waals surface area contributed by atoms with Gasteiger partial charge in [-0.1, -0.05) is 0 Å². The van der Waals surface area contributed by atoms with Crippen LogP contribution in [0.3, 0.4) is 0 Å². The number of rotatable bonds is 4. The highest BCUT2D eigenvalue weighted by Gasteiger charge is 2.37. The van der Waals surface area contributed by atoms with E-state index in [4.69, 9.17) is 14.5 Å². The van der Waals surface area contributed by atoms with Crippen molar-refractivity contribution in [1.82, 2.24) is 19.5 Å². The second-order valence-electron chi connectivity index (χ2n) is 5.19. The van der Waals surface area contributed by atoms with E-state index in [9.17, 15) is 14.5 Å². The summed E-state index contributed by atoms with van der Waals surface area (Å²) in [5.41, 5.74) is 0.0646. The van der Waals surface area contributed by atoms with Gasteiger partial charge in [-0.25, -0.2) is 14.5 Å². The van der Waals surface area contributed by atoms with Crippen molar-refractivity contribution in [3.63, 3.8) is 0 Å². The van der Waals surface area contributed by atoms with Crippen molar-refractivity contribution < 1.29 is 28.7 Å². The molecule has 0 saturated carbocycles. The molecule has 0 spiro atoms. The lowest BCUT2D eigenvalue weighted by Gasteiger charge is -2.16. The quantitative estimate of drug-likeness (QED) is 0.519. The molecule has 1 unspecified atom stereocenters. The maximum Gasteiger partial charge on any atom is 0.469 e. The molecule has 1 aliphatic rings. The maximum atomic E-state index is 11.8. The molecular weight excluding hydrogens is 331 g/mol. The fraction of sp³-hybridized carbons (Fsp3) is 0.545. The highest BCUT2D eigenvalue weighted by atomic mass is 31.2. The van der Waals surface area contributed by atoms with Crippen LogP contribution in [0.1, 0.15) is 18.5 Å². The van der Waals surface area contributed by atoms with E-state index in [1.807, 2.05) is 0 Å². The molecule has 2 aromatic rings. The molecule has 0 amide bonds. The van der Waals surface area contributed by atoms with E-state index in [1.54, 1.807) is 6.92 Å². The smallest absolute Gasteiger partial charge is 0.390 e. The zero-order valence-corrected chi connectivity index (χ0v) is 12.9. The SMILES string of the molecule is Cc1nc2c(ncn2[C@H]2CC(O)[C@@H](COP(=O)(O)O)O2)c(=O)[nH]1. The number of aromatic nitrogens is 4. The number of hydrogen-bond acceptors (Lipinski definition) is 7. The molecule has 3 heterocycles. The fourth-order valence-corrected chi connectivity index (χ4v) is 2.79. The second kappa shape index (κ2) is 5.78. The van der Waals surface area contributed by atoms with E-state index in [0.717, 1.165) is 0 Å². The van der Waals surface area contributed by atoms with Crippen molar-refractivity contribution in [3.8, 4) is 0 Å². The number of phosphoric ester groups is 1. The van der Waals surface area contributed by atoms with Gasteiger partial charge in [-0.2, -0.15) is 0 Å². The van der Waals surface area contributed by atoms with Gasteiger partial charge >= 0.3 is 7.82 Å². The number of ether oxygens (including phenoxy) is 1. The van der Waals surface area contributed by atoms with E-state index in [0.29, 0.717) is 11.5 Å². The number of aliphatic hydroxyl groups is 1. The van der Waals surface area contributed by atoms with E-state index in [1.165, 1.54) is 10.9 Å². The highest BCUT2D eigenvalue weighted by Crippen LogP contribution is 2.38. The number of H-pyrrole nitrogens is 1. The number of nitrogens with one attached hydrogen (secondary N) is 1. The molecule has 11 nitrogen and oxygen atoms in total. The number of imidazole rings is 1. The molecule has 0 aromatic carbocycles. The van der Waals surface area contributed by atoms with Crippen molar-refractivity contribution in [3.05, 3.63) is 22.5 Å². The first-order chi connectivity index (χ1) is 10.7. The molecule has 2 aromatic heterocycles. The summed E-state index contributed by atoms with van der Waals surface area (Å²) in [5, 5.41) is 9.96. The average molecular weight is 346 g/mol. The normalized spacial score (nSPS) is 25.3. The molecular formula is C11H15N4O7P. The molecule has 12 heteroatoms. The molecule has 1 fully saturated rings. The molecule has 23 heavy (non-hydrogen) atoms. The Morgan fingerprint density at radius 1 is 1.57 bits per heavy atom. The number of nitrogens with zero attached hydrogens (tertiary/aromatic N) is 3. The number of aryl methyl sites for hydroxylation is 1. The van der Waals surface area contributed by atoms with Gasteiger partial charge in [0.25, 0.3) is 5.56 Å². The molecule has 0 bridgehead atoms. The second-order valence-corrected chi connectivity index (χ2v) is 6.43. The minimum atomic E-state index is -4.64. The number of aromatic amines is 1. The topological polar surface area (TPSA) is 160 Å². The molecule has 126 valence electrons. The summed E-state index contributed by atoms with van der Waals surface area (Å²) in [6, 6.07) is 0. The summed E-state index contributed by atoms with van der Waals surface area (Å²) in [7, 11) is -4.64. The predicted octanol–water partition coefficient (Wildman–Crippen LogP) is -0.814. The zero-order valence-electron chi connectivity index (χ0n) is 12.0. The predicted molar refractivity (Wildman–Crippen MR) is 75.4 cm³/mol. The molecule has 0 aliphatic carbocycles. The summed E-state index contributed by atoms with van der Waals surface area (Å²) in [6.45, 7) is 1.17. The van der Waals surface area contributed by atoms with E-state index < -0.39 is 32.9 Å². The van der Waals surface area contributed by atoms with Gasteiger partial charge < -0.3 is 24.6 Å². The Bertz CT molecular complexity index is 827. The fourth-order valence-electron chi connectivity index (χ4n) is 2.45. The summed E-state index contributed by atoms with van der Waals surface area (Å²) in [4.78, 5) is 39.9. The average Bonchev–Trinajstić information content (AvgIpc) is 2.99. The van der Waals surface area contributed by atoms with Crippen molar-refractivity contribution >= 4 is 19.0 Å².